The lowest BCUT2D eigenvalue weighted by molar-refractivity contribution is 0.194. The topological polar surface area (TPSA) is 58.6 Å². The van der Waals surface area contributed by atoms with Crippen LogP contribution in [0.2, 0.25) is 5.04 Å². The van der Waals surface area contributed by atoms with E-state index in [2.05, 4.69) is 74.6 Å². The molecule has 0 saturated heterocycles. The minimum absolute atomic E-state index is 0.0974. The summed E-state index contributed by atoms with van der Waals surface area (Å²) < 4.78 is 6.97. The summed E-state index contributed by atoms with van der Waals surface area (Å²) in [6.07, 6.45) is -0.354. The molecule has 0 heterocycles. The highest BCUT2D eigenvalue weighted by atomic mass is 28.4. The van der Waals surface area contributed by atoms with Gasteiger partial charge in [-0.05, 0) is 39.5 Å². The van der Waals surface area contributed by atoms with Gasteiger partial charge in [-0.15, -0.1) is 0 Å². The normalized spacial score (nSPS) is 11.7. The zero-order valence-corrected chi connectivity index (χ0v) is 18.8. The van der Waals surface area contributed by atoms with Crippen molar-refractivity contribution in [2.24, 2.45) is 0 Å². The van der Waals surface area contributed by atoms with E-state index >= 15 is 0 Å². The van der Waals surface area contributed by atoms with Crippen LogP contribution in [0.3, 0.4) is 0 Å². The maximum Gasteiger partial charge on any atom is 0.404 e. The van der Waals surface area contributed by atoms with Crippen molar-refractivity contribution >= 4 is 24.8 Å². The molecule has 4 nitrogen and oxygen atoms in total. The predicted molar refractivity (Wildman–Crippen MR) is 124 cm³/mol. The number of carbonyl (C=O) groups is 1. The fourth-order valence-electron chi connectivity index (χ4n) is 3.86. The summed E-state index contributed by atoms with van der Waals surface area (Å²) in [5.74, 6) is 0.833. The van der Waals surface area contributed by atoms with Crippen LogP contribution in [0.25, 0.3) is 0 Å². The highest BCUT2D eigenvalue weighted by Crippen LogP contribution is 2.37. The van der Waals surface area contributed by atoms with E-state index in [9.17, 15) is 4.79 Å². The molecule has 0 fully saturated rings. The Morgan fingerprint density at radius 2 is 1.37 bits per heavy atom. The van der Waals surface area contributed by atoms with Crippen LogP contribution in [0, 0.1) is 0 Å². The number of hydrogen-bond donors (Lipinski definition) is 2. The Hall–Kier alpha value is -3.05. The molecule has 0 saturated carbocycles. The number of carboxylic acid groups (broad SMARTS) is 1. The molecular weight excluding hydrogens is 390 g/mol. The highest BCUT2D eigenvalue weighted by molar-refractivity contribution is 7.00. The SMILES string of the molecule is CC(C)(C)[Si](Oc1ccc(CCNC(=O)O)cc1)(c1ccccc1)c1ccccc1. The third-order valence-corrected chi connectivity index (χ3v) is 10.2. The first-order valence-corrected chi connectivity index (χ1v) is 12.1. The lowest BCUT2D eigenvalue weighted by Gasteiger charge is -2.43. The van der Waals surface area contributed by atoms with E-state index in [1.165, 1.54) is 10.4 Å². The summed E-state index contributed by atoms with van der Waals surface area (Å²) in [5, 5.41) is 13.5. The standard InChI is InChI=1S/C25H29NO3Si/c1-25(2,3)30(22-10-6-4-7-11-22,23-12-8-5-9-13-23)29-21-16-14-20(15-17-21)18-19-26-24(27)28/h4-17,26H,18-19H2,1-3H3,(H,27,28). The zero-order valence-electron chi connectivity index (χ0n) is 17.8. The molecule has 0 atom stereocenters. The quantitative estimate of drug-likeness (QED) is 0.557. The number of benzene rings is 3. The third-order valence-electron chi connectivity index (χ3n) is 5.30. The van der Waals surface area contributed by atoms with Crippen LogP contribution >= 0.6 is 0 Å². The molecule has 1 amide bonds. The number of hydrogen-bond acceptors (Lipinski definition) is 2. The molecule has 0 bridgehead atoms. The van der Waals surface area contributed by atoms with Crippen molar-refractivity contribution in [2.45, 2.75) is 32.2 Å². The highest BCUT2D eigenvalue weighted by Gasteiger charge is 2.52. The van der Waals surface area contributed by atoms with Crippen molar-refractivity contribution in [3.63, 3.8) is 0 Å². The van der Waals surface area contributed by atoms with Crippen LogP contribution in [0.1, 0.15) is 26.3 Å². The average Bonchev–Trinajstić information content (AvgIpc) is 2.73. The van der Waals surface area contributed by atoms with Crippen molar-refractivity contribution in [1.29, 1.82) is 0 Å². The van der Waals surface area contributed by atoms with Gasteiger partial charge in [-0.1, -0.05) is 93.6 Å². The second-order valence-electron chi connectivity index (χ2n) is 8.39. The molecule has 156 valence electrons. The number of amides is 1. The van der Waals surface area contributed by atoms with Gasteiger partial charge < -0.3 is 14.8 Å². The van der Waals surface area contributed by atoms with Crippen LogP contribution < -0.4 is 20.1 Å². The van der Waals surface area contributed by atoms with Crippen LogP contribution in [-0.2, 0) is 6.42 Å². The molecular formula is C25H29NO3Si. The molecule has 2 N–H and O–H groups in total. The van der Waals surface area contributed by atoms with Crippen LogP contribution in [0.4, 0.5) is 4.79 Å². The lowest BCUT2D eigenvalue weighted by atomic mass is 10.1. The van der Waals surface area contributed by atoms with Gasteiger partial charge in [-0.25, -0.2) is 4.79 Å². The maximum absolute atomic E-state index is 10.6. The van der Waals surface area contributed by atoms with Gasteiger partial charge >= 0.3 is 14.4 Å². The monoisotopic (exact) mass is 419 g/mol. The van der Waals surface area contributed by atoms with Gasteiger partial charge in [0, 0.05) is 6.54 Å². The molecule has 3 rings (SSSR count). The number of rotatable bonds is 7. The smallest absolute Gasteiger partial charge is 0.404 e. The molecule has 0 aliphatic rings. The van der Waals surface area contributed by atoms with E-state index in [0.29, 0.717) is 13.0 Å². The Labute approximate surface area is 179 Å². The molecule has 0 radical (unpaired) electrons. The van der Waals surface area contributed by atoms with Crippen molar-refractivity contribution in [3.8, 4) is 5.75 Å². The second-order valence-corrected chi connectivity index (χ2v) is 12.6. The zero-order chi connectivity index (χ0) is 21.6. The molecule has 0 aliphatic heterocycles. The first kappa shape index (κ1) is 21.7. The van der Waals surface area contributed by atoms with Gasteiger partial charge in [0.15, 0.2) is 0 Å². The first-order valence-electron chi connectivity index (χ1n) is 10.2. The van der Waals surface area contributed by atoms with Gasteiger partial charge in [0.05, 0.1) is 0 Å². The van der Waals surface area contributed by atoms with Crippen LogP contribution in [0.5, 0.6) is 5.75 Å². The Kier molecular flexibility index (Phi) is 6.62. The fourth-order valence-corrected chi connectivity index (χ4v) is 8.28. The van der Waals surface area contributed by atoms with Crippen LogP contribution in [-0.4, -0.2) is 26.1 Å². The molecule has 0 spiro atoms. The minimum Gasteiger partial charge on any atom is -0.534 e. The van der Waals surface area contributed by atoms with Gasteiger partial charge in [-0.2, -0.15) is 0 Å². The largest absolute Gasteiger partial charge is 0.534 e. The minimum atomic E-state index is -2.64. The first-order chi connectivity index (χ1) is 14.3. The maximum atomic E-state index is 10.6. The Morgan fingerprint density at radius 1 is 0.867 bits per heavy atom. The summed E-state index contributed by atoms with van der Waals surface area (Å²) in [6, 6.07) is 29.1. The molecule has 3 aromatic rings. The van der Waals surface area contributed by atoms with E-state index in [4.69, 9.17) is 9.53 Å². The van der Waals surface area contributed by atoms with E-state index in [1.54, 1.807) is 0 Å². The molecule has 30 heavy (non-hydrogen) atoms. The fraction of sp³-hybridized carbons (Fsp3) is 0.240. The summed E-state index contributed by atoms with van der Waals surface area (Å²) in [5.41, 5.74) is 1.07. The van der Waals surface area contributed by atoms with Gasteiger partial charge in [0.2, 0.25) is 0 Å². The predicted octanol–water partition coefficient (Wildman–Crippen LogP) is 4.44. The lowest BCUT2D eigenvalue weighted by Crippen LogP contribution is -2.68. The van der Waals surface area contributed by atoms with Crippen molar-refractivity contribution in [1.82, 2.24) is 5.32 Å². The number of nitrogens with one attached hydrogen (secondary N) is 1. The van der Waals surface area contributed by atoms with Crippen molar-refractivity contribution < 1.29 is 14.3 Å². The molecule has 0 aromatic heterocycles. The Bertz CT molecular complexity index is 912. The van der Waals surface area contributed by atoms with Crippen molar-refractivity contribution in [3.05, 3.63) is 90.5 Å². The van der Waals surface area contributed by atoms with E-state index in [1.807, 2.05) is 36.4 Å². The Morgan fingerprint density at radius 3 is 1.80 bits per heavy atom. The average molecular weight is 420 g/mol. The summed E-state index contributed by atoms with van der Waals surface area (Å²) in [7, 11) is -2.64. The van der Waals surface area contributed by atoms with Crippen LogP contribution in [0.15, 0.2) is 84.9 Å². The second kappa shape index (κ2) is 9.18. The molecule has 0 unspecified atom stereocenters. The molecule has 5 heteroatoms. The summed E-state index contributed by atoms with van der Waals surface area (Å²) >= 11 is 0. The van der Waals surface area contributed by atoms with E-state index < -0.39 is 14.4 Å². The van der Waals surface area contributed by atoms with E-state index in [0.717, 1.165) is 11.3 Å². The summed E-state index contributed by atoms with van der Waals surface area (Å²) in [4.78, 5) is 10.6. The third kappa shape index (κ3) is 4.74. The molecule has 3 aromatic carbocycles. The van der Waals surface area contributed by atoms with Crippen molar-refractivity contribution in [2.75, 3.05) is 6.54 Å². The summed E-state index contributed by atoms with van der Waals surface area (Å²) in [6.45, 7) is 7.16. The van der Waals surface area contributed by atoms with Gasteiger partial charge in [0.1, 0.15) is 5.75 Å². The van der Waals surface area contributed by atoms with Gasteiger partial charge in [-0.3, -0.25) is 0 Å². The Balaban J connectivity index is 1.99. The van der Waals surface area contributed by atoms with Gasteiger partial charge in [0.25, 0.3) is 0 Å². The van der Waals surface area contributed by atoms with E-state index in [-0.39, 0.29) is 5.04 Å². The molecule has 0 aliphatic carbocycles.